The highest BCUT2D eigenvalue weighted by Gasteiger charge is 2.11. The van der Waals surface area contributed by atoms with Crippen molar-refractivity contribution in [3.63, 3.8) is 0 Å². The van der Waals surface area contributed by atoms with Gasteiger partial charge in [0.25, 0.3) is 5.91 Å². The Hall–Kier alpha value is -1.67. The van der Waals surface area contributed by atoms with Gasteiger partial charge in [-0.2, -0.15) is 0 Å². The molecule has 0 aliphatic carbocycles. The summed E-state index contributed by atoms with van der Waals surface area (Å²) >= 11 is 1.46. The van der Waals surface area contributed by atoms with Gasteiger partial charge in [-0.25, -0.2) is 9.97 Å². The van der Waals surface area contributed by atoms with E-state index in [1.165, 1.54) is 11.3 Å². The molecule has 0 unspecified atom stereocenters. The number of halogens is 2. The summed E-state index contributed by atoms with van der Waals surface area (Å²) in [5, 5.41) is 5.49. The number of amides is 1. The first kappa shape index (κ1) is 20.4. The zero-order valence-corrected chi connectivity index (χ0v) is 15.5. The van der Waals surface area contributed by atoms with Crippen LogP contribution in [-0.2, 0) is 13.0 Å². The molecule has 0 spiro atoms. The fourth-order valence-corrected chi connectivity index (χ4v) is 2.99. The van der Waals surface area contributed by atoms with E-state index in [0.29, 0.717) is 25.2 Å². The number of aryl methyl sites for hydroxylation is 1. The van der Waals surface area contributed by atoms with Crippen LogP contribution in [0.3, 0.4) is 0 Å². The summed E-state index contributed by atoms with van der Waals surface area (Å²) in [7, 11) is 0. The Morgan fingerprint density at radius 1 is 1.33 bits per heavy atom. The third-order valence-corrected chi connectivity index (χ3v) is 4.23. The molecule has 0 saturated carbocycles. The minimum atomic E-state index is -0.187. The molecule has 6 nitrogen and oxygen atoms in total. The Bertz CT molecular complexity index is 817. The number of imidazole rings is 1. The van der Waals surface area contributed by atoms with Crippen LogP contribution in [0.4, 0.5) is 0 Å². The van der Waals surface area contributed by atoms with Crippen molar-refractivity contribution in [2.24, 2.45) is 5.73 Å². The average molecular weight is 388 g/mol. The number of nitrogens with two attached hydrogens (primary N) is 1. The number of carbonyl (C=O) groups is 1. The molecule has 0 aromatic carbocycles. The maximum absolute atomic E-state index is 12.1. The fraction of sp³-hybridized carbons (Fsp3) is 0.267. The van der Waals surface area contributed by atoms with E-state index in [4.69, 9.17) is 5.73 Å². The first-order chi connectivity index (χ1) is 10.7. The first-order valence-corrected chi connectivity index (χ1v) is 7.91. The number of thiazole rings is 1. The highest BCUT2D eigenvalue weighted by Crippen LogP contribution is 2.11. The largest absolute Gasteiger partial charge is 0.345 e. The number of nitrogens with one attached hydrogen (secondary N) is 1. The normalized spacial score (nSPS) is 10.1. The summed E-state index contributed by atoms with van der Waals surface area (Å²) in [6.07, 6.45) is 2.63. The van der Waals surface area contributed by atoms with Gasteiger partial charge < -0.3 is 15.5 Å². The predicted molar refractivity (Wildman–Crippen MR) is 100 cm³/mol. The van der Waals surface area contributed by atoms with Crippen LogP contribution in [-0.4, -0.2) is 26.8 Å². The quantitative estimate of drug-likeness (QED) is 0.703. The highest BCUT2D eigenvalue weighted by atomic mass is 35.5. The Balaban J connectivity index is 0.00000144. The Morgan fingerprint density at radius 3 is 2.83 bits per heavy atom. The molecule has 130 valence electrons. The molecule has 3 rings (SSSR count). The van der Waals surface area contributed by atoms with Crippen molar-refractivity contribution in [2.45, 2.75) is 19.9 Å². The third kappa shape index (κ3) is 4.45. The van der Waals surface area contributed by atoms with Gasteiger partial charge in [0.05, 0.1) is 17.2 Å². The Labute approximate surface area is 156 Å². The summed E-state index contributed by atoms with van der Waals surface area (Å²) in [5.74, 6) is -0.187. The lowest BCUT2D eigenvalue weighted by molar-refractivity contribution is 0.0946. The summed E-state index contributed by atoms with van der Waals surface area (Å²) < 4.78 is 2.00. The van der Waals surface area contributed by atoms with E-state index in [0.717, 1.165) is 22.0 Å². The molecule has 0 aliphatic rings. The van der Waals surface area contributed by atoms with Gasteiger partial charge in [-0.15, -0.1) is 36.2 Å². The molecule has 3 heterocycles. The van der Waals surface area contributed by atoms with Gasteiger partial charge in [-0.3, -0.25) is 4.79 Å². The van der Waals surface area contributed by atoms with Crippen LogP contribution in [0.1, 0.15) is 26.9 Å². The first-order valence-electron chi connectivity index (χ1n) is 7.03. The van der Waals surface area contributed by atoms with Crippen LogP contribution in [0, 0.1) is 6.92 Å². The molecule has 0 saturated heterocycles. The number of fused-ring (bicyclic) bond motifs is 1. The van der Waals surface area contributed by atoms with Gasteiger partial charge in [0.15, 0.2) is 0 Å². The summed E-state index contributed by atoms with van der Waals surface area (Å²) in [6, 6.07) is 5.93. The lowest BCUT2D eigenvalue weighted by Gasteiger charge is -1.99. The molecule has 0 radical (unpaired) electrons. The monoisotopic (exact) mass is 387 g/mol. The van der Waals surface area contributed by atoms with Gasteiger partial charge in [-0.1, -0.05) is 6.07 Å². The van der Waals surface area contributed by atoms with Crippen molar-refractivity contribution < 1.29 is 4.79 Å². The number of pyridine rings is 1. The zero-order chi connectivity index (χ0) is 15.5. The van der Waals surface area contributed by atoms with Crippen LogP contribution >= 0.6 is 36.2 Å². The van der Waals surface area contributed by atoms with Crippen molar-refractivity contribution >= 4 is 47.7 Å². The highest BCUT2D eigenvalue weighted by molar-refractivity contribution is 7.09. The molecular weight excluding hydrogens is 369 g/mol. The van der Waals surface area contributed by atoms with Crippen LogP contribution in [0.2, 0.25) is 0 Å². The molecule has 0 atom stereocenters. The van der Waals surface area contributed by atoms with Crippen LogP contribution in [0.25, 0.3) is 5.65 Å². The van der Waals surface area contributed by atoms with E-state index in [2.05, 4.69) is 15.3 Å². The Morgan fingerprint density at radius 2 is 2.12 bits per heavy atom. The van der Waals surface area contributed by atoms with E-state index in [-0.39, 0.29) is 30.7 Å². The molecule has 1 amide bonds. The smallest absolute Gasteiger partial charge is 0.271 e. The van der Waals surface area contributed by atoms with E-state index in [1.54, 1.807) is 5.38 Å². The second-order valence-electron chi connectivity index (χ2n) is 4.98. The van der Waals surface area contributed by atoms with E-state index < -0.39 is 0 Å². The summed E-state index contributed by atoms with van der Waals surface area (Å²) in [6.45, 7) is 2.93. The minimum absolute atomic E-state index is 0. The maximum atomic E-state index is 12.1. The van der Waals surface area contributed by atoms with Crippen LogP contribution in [0.5, 0.6) is 0 Å². The number of rotatable bonds is 5. The summed E-state index contributed by atoms with van der Waals surface area (Å²) in [4.78, 5) is 20.8. The molecule has 24 heavy (non-hydrogen) atoms. The molecular formula is C15H19Cl2N5OS. The number of aromatic nitrogens is 3. The number of nitrogens with zero attached hydrogens (tertiary/aromatic N) is 3. The number of hydrogen-bond donors (Lipinski definition) is 2. The van der Waals surface area contributed by atoms with E-state index in [9.17, 15) is 4.79 Å². The van der Waals surface area contributed by atoms with Gasteiger partial charge in [0.1, 0.15) is 11.3 Å². The molecule has 0 aliphatic heterocycles. The molecule has 3 aromatic heterocycles. The second kappa shape index (κ2) is 8.98. The van der Waals surface area contributed by atoms with Crippen molar-refractivity contribution in [3.05, 3.63) is 51.9 Å². The van der Waals surface area contributed by atoms with E-state index >= 15 is 0 Å². The van der Waals surface area contributed by atoms with Crippen LogP contribution in [0.15, 0.2) is 29.8 Å². The number of hydrogen-bond acceptors (Lipinski definition) is 5. The van der Waals surface area contributed by atoms with Crippen LogP contribution < -0.4 is 11.1 Å². The standard InChI is InChI=1S/C15H17N5OS.2ClH/c1-10-3-2-4-13-18-11(8-20(10)13)7-17-15(21)12-9-22-14(19-12)5-6-16;;/h2-4,8-9H,5-7,16H2,1H3,(H,17,21);2*1H. The van der Waals surface area contributed by atoms with Gasteiger partial charge >= 0.3 is 0 Å². The lowest BCUT2D eigenvalue weighted by atomic mass is 10.4. The molecule has 3 aromatic rings. The molecule has 0 bridgehead atoms. The topological polar surface area (TPSA) is 85.3 Å². The van der Waals surface area contributed by atoms with Crippen molar-refractivity contribution in [1.29, 1.82) is 0 Å². The van der Waals surface area contributed by atoms with Gasteiger partial charge in [0, 0.05) is 23.7 Å². The predicted octanol–water partition coefficient (Wildman–Crippen LogP) is 2.37. The number of carbonyl (C=O) groups excluding carboxylic acids is 1. The third-order valence-electron chi connectivity index (χ3n) is 3.32. The summed E-state index contributed by atoms with van der Waals surface area (Å²) in [5.41, 5.74) is 8.73. The second-order valence-corrected chi connectivity index (χ2v) is 5.92. The van der Waals surface area contributed by atoms with Gasteiger partial charge in [0.2, 0.25) is 0 Å². The minimum Gasteiger partial charge on any atom is -0.345 e. The molecule has 9 heteroatoms. The van der Waals surface area contributed by atoms with Gasteiger partial charge in [-0.05, 0) is 25.6 Å². The average Bonchev–Trinajstić information content (AvgIpc) is 3.12. The van der Waals surface area contributed by atoms with E-state index in [1.807, 2.05) is 35.7 Å². The lowest BCUT2D eigenvalue weighted by Crippen LogP contribution is -2.23. The zero-order valence-electron chi connectivity index (χ0n) is 13.1. The molecule has 0 fully saturated rings. The fourth-order valence-electron chi connectivity index (χ4n) is 2.20. The SMILES string of the molecule is Cc1cccc2nc(CNC(=O)c3csc(CCN)n3)cn12.Cl.Cl. The maximum Gasteiger partial charge on any atom is 0.271 e. The van der Waals surface area contributed by atoms with Crippen molar-refractivity contribution in [2.75, 3.05) is 6.54 Å². The Kier molecular flexibility index (Phi) is 7.62. The van der Waals surface area contributed by atoms with Crippen molar-refractivity contribution in [1.82, 2.24) is 19.7 Å². The molecule has 3 N–H and O–H groups in total. The van der Waals surface area contributed by atoms with Crippen molar-refractivity contribution in [3.8, 4) is 0 Å².